The standard InChI is InChI=1S/C33H38N6O3S2/c1-7-11-13-20(9-3)25(40)15-24-26-30(44-31(38(26)5)22(16-34)17-35)28(42-33(41)21(10-4)14-12-8-2)27-29(24)43-32(39(27)6)23(18-36)19-37/h20-21H,7-15H2,1-6H3. The maximum atomic E-state index is 13.8. The molecule has 2 aliphatic heterocycles. The number of benzene rings is 1. The fourth-order valence-electron chi connectivity index (χ4n) is 5.53. The highest BCUT2D eigenvalue weighted by Gasteiger charge is 2.42. The minimum Gasteiger partial charge on any atom is -0.423 e. The molecule has 0 amide bonds. The van der Waals surface area contributed by atoms with E-state index in [1.54, 1.807) is 23.9 Å². The van der Waals surface area contributed by atoms with Crippen molar-refractivity contribution in [3.05, 3.63) is 26.8 Å². The van der Waals surface area contributed by atoms with Gasteiger partial charge in [0.05, 0.1) is 16.5 Å². The Morgan fingerprint density at radius 1 is 0.750 bits per heavy atom. The average molecular weight is 631 g/mol. The number of carbonyl (C=O) groups excluding carboxylic acids is 2. The normalized spacial score (nSPS) is 14.5. The summed E-state index contributed by atoms with van der Waals surface area (Å²) in [5.74, 6) is -0.552. The van der Waals surface area contributed by atoms with Gasteiger partial charge < -0.3 is 14.5 Å². The summed E-state index contributed by atoms with van der Waals surface area (Å²) < 4.78 is 6.24. The molecule has 0 radical (unpaired) electrons. The fraction of sp³-hybridized carbons (Fsp3) is 0.515. The summed E-state index contributed by atoms with van der Waals surface area (Å²) in [4.78, 5) is 32.0. The van der Waals surface area contributed by atoms with Crippen LogP contribution in [0.15, 0.2) is 31.0 Å². The Kier molecular flexibility index (Phi) is 12.4. The highest BCUT2D eigenvalue weighted by atomic mass is 32.2. The quantitative estimate of drug-likeness (QED) is 0.120. The molecule has 1 aromatic rings. The molecule has 2 atom stereocenters. The number of esters is 1. The molecule has 3 rings (SSSR count). The Labute approximate surface area is 269 Å². The Morgan fingerprint density at radius 2 is 1.23 bits per heavy atom. The maximum Gasteiger partial charge on any atom is 0.314 e. The lowest BCUT2D eigenvalue weighted by molar-refractivity contribution is -0.139. The van der Waals surface area contributed by atoms with Crippen LogP contribution in [0.25, 0.3) is 0 Å². The number of Topliss-reactive ketones (excluding diaryl/α,β-unsaturated/α-hetero) is 1. The van der Waals surface area contributed by atoms with Crippen molar-refractivity contribution in [2.24, 2.45) is 11.8 Å². The molecule has 0 fully saturated rings. The molecule has 0 bridgehead atoms. The molecule has 11 heteroatoms. The van der Waals surface area contributed by atoms with E-state index in [1.165, 1.54) is 11.8 Å². The highest BCUT2D eigenvalue weighted by Crippen LogP contribution is 2.63. The molecule has 0 N–H and O–H groups in total. The van der Waals surface area contributed by atoms with E-state index in [-0.39, 0.29) is 40.9 Å². The van der Waals surface area contributed by atoms with E-state index in [0.29, 0.717) is 56.0 Å². The number of nitriles is 4. The molecule has 9 nitrogen and oxygen atoms in total. The predicted octanol–water partition coefficient (Wildman–Crippen LogP) is 7.74. The number of carbonyl (C=O) groups is 2. The second-order valence-corrected chi connectivity index (χ2v) is 12.8. The van der Waals surface area contributed by atoms with Gasteiger partial charge in [0.15, 0.2) is 16.9 Å². The summed E-state index contributed by atoms with van der Waals surface area (Å²) in [6.45, 7) is 8.10. The van der Waals surface area contributed by atoms with E-state index in [9.17, 15) is 30.6 Å². The minimum atomic E-state index is -0.391. The van der Waals surface area contributed by atoms with E-state index in [0.717, 1.165) is 43.9 Å². The molecule has 44 heavy (non-hydrogen) atoms. The summed E-state index contributed by atoms with van der Waals surface area (Å²) in [6.07, 6.45) is 6.53. The van der Waals surface area contributed by atoms with Gasteiger partial charge in [-0.15, -0.1) is 0 Å². The summed E-state index contributed by atoms with van der Waals surface area (Å²) in [6, 6.07) is 7.88. The number of hydrogen-bond donors (Lipinski definition) is 0. The van der Waals surface area contributed by atoms with Crippen molar-refractivity contribution in [1.29, 1.82) is 21.0 Å². The van der Waals surface area contributed by atoms with Gasteiger partial charge in [-0.2, -0.15) is 21.0 Å². The second-order valence-electron chi connectivity index (χ2n) is 10.9. The highest BCUT2D eigenvalue weighted by molar-refractivity contribution is 8.04. The van der Waals surface area contributed by atoms with Crippen molar-refractivity contribution < 1.29 is 14.3 Å². The number of ketones is 1. The van der Waals surface area contributed by atoms with Gasteiger partial charge in [-0.05, 0) is 25.7 Å². The van der Waals surface area contributed by atoms with Gasteiger partial charge in [0.25, 0.3) is 0 Å². The second kappa shape index (κ2) is 15.7. The lowest BCUT2D eigenvalue weighted by Crippen LogP contribution is -2.23. The first-order chi connectivity index (χ1) is 21.2. The van der Waals surface area contributed by atoms with Gasteiger partial charge in [0.2, 0.25) is 0 Å². The molecule has 0 saturated carbocycles. The molecule has 2 unspecified atom stereocenters. The summed E-state index contributed by atoms with van der Waals surface area (Å²) in [5.41, 5.74) is 1.56. The van der Waals surface area contributed by atoms with Gasteiger partial charge in [-0.3, -0.25) is 9.59 Å². The van der Waals surface area contributed by atoms with Crippen molar-refractivity contribution in [2.75, 3.05) is 23.9 Å². The Hall–Kier alpha value is -3.90. The largest absolute Gasteiger partial charge is 0.423 e. The zero-order valence-corrected chi connectivity index (χ0v) is 27.9. The third kappa shape index (κ3) is 6.76. The number of nitrogens with zero attached hydrogens (tertiary/aromatic N) is 6. The van der Waals surface area contributed by atoms with E-state index in [2.05, 4.69) is 13.8 Å². The van der Waals surface area contributed by atoms with Crippen molar-refractivity contribution in [2.45, 2.75) is 95.3 Å². The molecule has 2 heterocycles. The summed E-state index contributed by atoms with van der Waals surface area (Å²) in [7, 11) is 3.44. The van der Waals surface area contributed by atoms with Crippen molar-refractivity contribution in [3.63, 3.8) is 0 Å². The topological polar surface area (TPSA) is 145 Å². The third-order valence-electron chi connectivity index (χ3n) is 8.10. The zero-order valence-electron chi connectivity index (χ0n) is 26.2. The SMILES string of the molecule is CCCCC(CC)C(=O)Cc1c2c(c(OC(=O)C(CC)CCCC)c3c1N(C)C(=C(C#N)C#N)S3)N(C)C(=C(C#N)C#N)S2. The van der Waals surface area contributed by atoms with Crippen LogP contribution in [0.1, 0.15) is 84.6 Å². The van der Waals surface area contributed by atoms with Crippen molar-refractivity contribution in [3.8, 4) is 30.0 Å². The number of anilines is 2. The van der Waals surface area contributed by atoms with Crippen LogP contribution in [-0.2, 0) is 16.0 Å². The molecule has 1 aromatic carbocycles. The Bertz CT molecular complexity index is 1410. The zero-order chi connectivity index (χ0) is 32.6. The van der Waals surface area contributed by atoms with Crippen molar-refractivity contribution in [1.82, 2.24) is 0 Å². The van der Waals surface area contributed by atoms with Crippen LogP contribution in [0.3, 0.4) is 0 Å². The Balaban J connectivity index is 2.37. The van der Waals surface area contributed by atoms with Gasteiger partial charge in [-0.25, -0.2) is 0 Å². The van der Waals surface area contributed by atoms with Crippen LogP contribution in [0.2, 0.25) is 0 Å². The first-order valence-electron chi connectivity index (χ1n) is 15.1. The number of unbranched alkanes of at least 4 members (excludes halogenated alkanes) is 2. The van der Waals surface area contributed by atoms with Crippen molar-refractivity contribution >= 4 is 46.7 Å². The van der Waals surface area contributed by atoms with Gasteiger partial charge in [0.1, 0.15) is 45.8 Å². The van der Waals surface area contributed by atoms with Crippen LogP contribution >= 0.6 is 23.5 Å². The summed E-state index contributed by atoms with van der Waals surface area (Å²) in [5, 5.41) is 39.8. The number of allylic oxidation sites excluding steroid dienone is 2. The van der Waals surface area contributed by atoms with Crippen LogP contribution in [0, 0.1) is 57.2 Å². The number of thioether (sulfide) groups is 2. The first-order valence-corrected chi connectivity index (χ1v) is 16.7. The lowest BCUT2D eigenvalue weighted by atomic mass is 9.90. The lowest BCUT2D eigenvalue weighted by Gasteiger charge is -2.24. The van der Waals surface area contributed by atoms with Gasteiger partial charge in [-0.1, -0.05) is 76.9 Å². The summed E-state index contributed by atoms with van der Waals surface area (Å²) >= 11 is 2.36. The van der Waals surface area contributed by atoms with Crippen LogP contribution < -0.4 is 14.5 Å². The van der Waals surface area contributed by atoms with Crippen LogP contribution in [0.5, 0.6) is 5.75 Å². The monoisotopic (exact) mass is 630 g/mol. The van der Waals surface area contributed by atoms with E-state index in [1.807, 2.05) is 38.1 Å². The molecule has 230 valence electrons. The Morgan fingerprint density at radius 3 is 1.70 bits per heavy atom. The molecule has 0 aromatic heterocycles. The predicted molar refractivity (Wildman–Crippen MR) is 172 cm³/mol. The number of ether oxygens (including phenoxy) is 1. The van der Waals surface area contributed by atoms with Crippen LogP contribution in [0.4, 0.5) is 11.4 Å². The fourth-order valence-corrected chi connectivity index (χ4v) is 7.96. The molecule has 2 aliphatic rings. The van der Waals surface area contributed by atoms with Gasteiger partial charge in [0, 0.05) is 36.9 Å². The molecular formula is C33H38N6O3S2. The number of rotatable bonds is 13. The maximum absolute atomic E-state index is 13.8. The molecule has 0 saturated heterocycles. The minimum absolute atomic E-state index is 0.0683. The average Bonchev–Trinajstić information content (AvgIpc) is 3.54. The molecular weight excluding hydrogens is 593 g/mol. The van der Waals surface area contributed by atoms with E-state index >= 15 is 0 Å². The number of hydrogen-bond acceptors (Lipinski definition) is 11. The third-order valence-corrected chi connectivity index (χ3v) is 10.7. The van der Waals surface area contributed by atoms with E-state index < -0.39 is 5.97 Å². The number of fused-ring (bicyclic) bond motifs is 2. The first kappa shape index (κ1) is 34.6. The van der Waals surface area contributed by atoms with E-state index in [4.69, 9.17) is 4.74 Å². The molecule has 0 spiro atoms. The molecule has 0 aliphatic carbocycles. The van der Waals surface area contributed by atoms with Crippen LogP contribution in [-0.4, -0.2) is 25.8 Å². The van der Waals surface area contributed by atoms with Gasteiger partial charge >= 0.3 is 5.97 Å². The smallest absolute Gasteiger partial charge is 0.314 e.